The van der Waals surface area contributed by atoms with Crippen LogP contribution < -0.4 is 0 Å². The maximum absolute atomic E-state index is 9.05. The number of piperazine rings is 1. The highest BCUT2D eigenvalue weighted by molar-refractivity contribution is 14.2. The minimum atomic E-state index is 0.348. The molecule has 1 rings (SSSR count). The Balaban J connectivity index is 2.03. The van der Waals surface area contributed by atoms with Crippen LogP contribution in [0.4, 0.5) is 0 Å². The van der Waals surface area contributed by atoms with Crippen molar-refractivity contribution in [1.29, 1.82) is 0 Å². The molecule has 0 saturated carbocycles. The molecule has 1 heterocycles. The lowest BCUT2D eigenvalue weighted by atomic mass is 10.0. The number of nitrogens with zero attached hydrogens (tertiary/aromatic N) is 2. The van der Waals surface area contributed by atoms with E-state index in [9.17, 15) is 0 Å². The van der Waals surface area contributed by atoms with Crippen molar-refractivity contribution in [1.82, 2.24) is 9.80 Å². The van der Waals surface area contributed by atoms with E-state index in [1.807, 2.05) is 8.93 Å². The molecule has 1 atom stereocenters. The van der Waals surface area contributed by atoms with Gasteiger partial charge in [0.25, 0.3) is 0 Å². The fraction of sp³-hybridized carbons (Fsp3) is 1.00. The van der Waals surface area contributed by atoms with E-state index in [-0.39, 0.29) is 0 Å². The number of hydrogen-bond donors (Lipinski definition) is 1. The molecule has 0 amide bonds. The van der Waals surface area contributed by atoms with Gasteiger partial charge in [0.05, 0.1) is 0 Å². The second kappa shape index (κ2) is 11.6. The molecule has 0 aromatic rings. The molecular weight excluding hydrogens is 371 g/mol. The Morgan fingerprint density at radius 3 is 2.37 bits per heavy atom. The summed E-state index contributed by atoms with van der Waals surface area (Å²) in [7, 11) is 1.88. The lowest BCUT2D eigenvalue weighted by molar-refractivity contribution is 0.135. The van der Waals surface area contributed by atoms with Crippen LogP contribution in [0, 0.1) is 5.92 Å². The van der Waals surface area contributed by atoms with Gasteiger partial charge in [0.15, 0.2) is 0 Å². The van der Waals surface area contributed by atoms with Gasteiger partial charge in [-0.15, -0.1) is 0 Å². The molecule has 1 N–H and O–H groups in total. The molecule has 0 aromatic carbocycles. The van der Waals surface area contributed by atoms with Gasteiger partial charge in [-0.2, -0.15) is 0 Å². The standard InChI is InChI=1S/C14H29IN2OS/c1-2-16-8-10-17(11-9-16)7-4-3-5-14(6-12-18)13-19-15/h14,18H,2-13H2,1H3/t14-/m0/s1. The SMILES string of the molecule is CCN1CCN(CCCC[C@@H](CCO)CSI)CC1. The zero-order valence-corrected chi connectivity index (χ0v) is 15.2. The Hall–Kier alpha value is 0.960. The third kappa shape index (κ3) is 8.09. The maximum Gasteiger partial charge on any atom is 0.0433 e. The fourth-order valence-electron chi connectivity index (χ4n) is 2.68. The van der Waals surface area contributed by atoms with Crippen LogP contribution in [0.15, 0.2) is 0 Å². The number of halogens is 1. The van der Waals surface area contributed by atoms with E-state index in [0.717, 1.165) is 6.42 Å². The second-order valence-corrected chi connectivity index (χ2v) is 7.85. The summed E-state index contributed by atoms with van der Waals surface area (Å²) in [5.41, 5.74) is 0. The van der Waals surface area contributed by atoms with Crippen LogP contribution in [0.5, 0.6) is 0 Å². The number of aliphatic hydroxyl groups is 1. The monoisotopic (exact) mass is 400 g/mol. The van der Waals surface area contributed by atoms with E-state index in [4.69, 9.17) is 5.11 Å². The number of unbranched alkanes of at least 4 members (excludes halogenated alkanes) is 1. The predicted octanol–water partition coefficient (Wildman–Crippen LogP) is 2.88. The van der Waals surface area contributed by atoms with Crippen LogP contribution in [0.2, 0.25) is 0 Å². The number of rotatable bonds is 10. The van der Waals surface area contributed by atoms with Crippen molar-refractivity contribution in [2.75, 3.05) is 51.6 Å². The molecule has 114 valence electrons. The second-order valence-electron chi connectivity index (χ2n) is 5.43. The first-order valence-electron chi connectivity index (χ1n) is 7.59. The Morgan fingerprint density at radius 1 is 1.11 bits per heavy atom. The number of likely N-dealkylation sites (N-methyl/N-ethyl adjacent to an activating group) is 1. The Bertz CT molecular complexity index is 208. The molecule has 1 aliphatic heterocycles. The van der Waals surface area contributed by atoms with Gasteiger partial charge in [-0.05, 0) is 59.5 Å². The third-order valence-corrected chi connectivity index (χ3v) is 5.76. The minimum Gasteiger partial charge on any atom is -0.396 e. The minimum absolute atomic E-state index is 0.348. The van der Waals surface area contributed by atoms with E-state index < -0.39 is 0 Å². The van der Waals surface area contributed by atoms with Crippen molar-refractivity contribution < 1.29 is 5.11 Å². The van der Waals surface area contributed by atoms with Gasteiger partial charge in [-0.1, -0.05) is 22.3 Å². The van der Waals surface area contributed by atoms with Gasteiger partial charge >= 0.3 is 0 Å². The highest BCUT2D eigenvalue weighted by Crippen LogP contribution is 2.22. The van der Waals surface area contributed by atoms with E-state index in [1.165, 1.54) is 64.3 Å². The summed E-state index contributed by atoms with van der Waals surface area (Å²) in [5, 5.41) is 9.05. The summed E-state index contributed by atoms with van der Waals surface area (Å²) in [6.07, 6.45) is 4.90. The lowest BCUT2D eigenvalue weighted by Gasteiger charge is -2.34. The molecular formula is C14H29IN2OS. The smallest absolute Gasteiger partial charge is 0.0433 e. The zero-order valence-electron chi connectivity index (χ0n) is 12.2. The van der Waals surface area contributed by atoms with Gasteiger partial charge in [0.1, 0.15) is 0 Å². The molecule has 5 heteroatoms. The van der Waals surface area contributed by atoms with Crippen molar-refractivity contribution >= 4 is 30.1 Å². The van der Waals surface area contributed by atoms with E-state index in [0.29, 0.717) is 12.5 Å². The molecule has 0 unspecified atom stereocenters. The molecule has 0 aromatic heterocycles. The molecule has 0 bridgehead atoms. The first kappa shape index (κ1) is 18.0. The number of hydrogen-bond acceptors (Lipinski definition) is 4. The van der Waals surface area contributed by atoms with Crippen LogP contribution >= 0.6 is 30.1 Å². The molecule has 0 aliphatic carbocycles. The van der Waals surface area contributed by atoms with Gasteiger partial charge in [-0.25, -0.2) is 0 Å². The first-order chi connectivity index (χ1) is 9.30. The maximum atomic E-state index is 9.05. The van der Waals surface area contributed by atoms with Gasteiger partial charge < -0.3 is 14.9 Å². The van der Waals surface area contributed by atoms with Crippen LogP contribution in [0.25, 0.3) is 0 Å². The third-order valence-electron chi connectivity index (χ3n) is 4.08. The average Bonchev–Trinajstić information content (AvgIpc) is 2.44. The summed E-state index contributed by atoms with van der Waals surface area (Å²) in [6.45, 7) is 10.0. The Morgan fingerprint density at radius 2 is 1.79 bits per heavy atom. The van der Waals surface area contributed by atoms with Crippen LogP contribution in [-0.2, 0) is 0 Å². The van der Waals surface area contributed by atoms with Crippen LogP contribution in [-0.4, -0.2) is 66.5 Å². The van der Waals surface area contributed by atoms with Crippen molar-refractivity contribution in [2.45, 2.75) is 32.6 Å². The largest absolute Gasteiger partial charge is 0.396 e. The molecule has 1 fully saturated rings. The molecule has 0 spiro atoms. The van der Waals surface area contributed by atoms with Gasteiger partial charge in [0, 0.05) is 38.5 Å². The Labute approximate surface area is 135 Å². The van der Waals surface area contributed by atoms with Crippen LogP contribution in [0.1, 0.15) is 32.6 Å². The summed E-state index contributed by atoms with van der Waals surface area (Å²) in [5.74, 6) is 1.90. The topological polar surface area (TPSA) is 26.7 Å². The first-order valence-corrected chi connectivity index (χ1v) is 11.1. The predicted molar refractivity (Wildman–Crippen MR) is 94.1 cm³/mol. The summed E-state index contributed by atoms with van der Waals surface area (Å²) < 4.78 is 0. The van der Waals surface area contributed by atoms with Crippen molar-refractivity contribution in [3.63, 3.8) is 0 Å². The molecule has 3 nitrogen and oxygen atoms in total. The highest BCUT2D eigenvalue weighted by atomic mass is 127. The van der Waals surface area contributed by atoms with Gasteiger partial charge in [0.2, 0.25) is 0 Å². The van der Waals surface area contributed by atoms with Crippen LogP contribution in [0.3, 0.4) is 0 Å². The average molecular weight is 400 g/mol. The van der Waals surface area contributed by atoms with Crippen molar-refractivity contribution in [3.05, 3.63) is 0 Å². The van der Waals surface area contributed by atoms with E-state index in [1.54, 1.807) is 0 Å². The fourth-order valence-corrected chi connectivity index (χ4v) is 4.72. The number of aliphatic hydroxyl groups excluding tert-OH is 1. The van der Waals surface area contributed by atoms with E-state index >= 15 is 0 Å². The summed E-state index contributed by atoms with van der Waals surface area (Å²) in [4.78, 5) is 5.14. The Kier molecular flexibility index (Phi) is 11.0. The summed E-state index contributed by atoms with van der Waals surface area (Å²) in [6, 6.07) is 0. The van der Waals surface area contributed by atoms with Gasteiger partial charge in [-0.3, -0.25) is 0 Å². The van der Waals surface area contributed by atoms with Crippen molar-refractivity contribution in [2.24, 2.45) is 5.92 Å². The summed E-state index contributed by atoms with van der Waals surface area (Å²) >= 11 is 2.37. The van der Waals surface area contributed by atoms with Crippen molar-refractivity contribution in [3.8, 4) is 0 Å². The molecule has 1 saturated heterocycles. The highest BCUT2D eigenvalue weighted by Gasteiger charge is 2.15. The molecule has 19 heavy (non-hydrogen) atoms. The zero-order chi connectivity index (χ0) is 13.9. The van der Waals surface area contributed by atoms with E-state index in [2.05, 4.69) is 37.9 Å². The quantitative estimate of drug-likeness (QED) is 0.451. The molecule has 1 aliphatic rings. The normalized spacial score (nSPS) is 19.7. The molecule has 0 radical (unpaired) electrons. The lowest BCUT2D eigenvalue weighted by Crippen LogP contribution is -2.46.